The van der Waals surface area contributed by atoms with E-state index in [2.05, 4.69) is 45.8 Å². The van der Waals surface area contributed by atoms with Gasteiger partial charge in [0, 0.05) is 11.9 Å². The molecule has 0 aliphatic rings. The lowest BCUT2D eigenvalue weighted by atomic mass is 10.0. The minimum atomic E-state index is -2.00. The van der Waals surface area contributed by atoms with Crippen molar-refractivity contribution in [1.82, 2.24) is 4.98 Å². The molecule has 24 heavy (non-hydrogen) atoms. The number of carboxylic acids is 1. The first-order valence-electron chi connectivity index (χ1n) is 8.37. The molecule has 0 aromatic carbocycles. The maximum Gasteiger partial charge on any atom is 0.305 e. The van der Waals surface area contributed by atoms with Crippen LogP contribution in [-0.2, 0) is 9.22 Å². The lowest BCUT2D eigenvalue weighted by Crippen LogP contribution is -2.46. The van der Waals surface area contributed by atoms with Crippen molar-refractivity contribution in [3.63, 3.8) is 0 Å². The molecule has 0 amide bonds. The molecule has 4 nitrogen and oxygen atoms in total. The van der Waals surface area contributed by atoms with Crippen molar-refractivity contribution in [3.05, 3.63) is 23.9 Å². The highest BCUT2D eigenvalue weighted by Crippen LogP contribution is 2.39. The highest BCUT2D eigenvalue weighted by atomic mass is 32.2. The van der Waals surface area contributed by atoms with Crippen LogP contribution in [0, 0.1) is 12.8 Å². The average molecular weight is 370 g/mol. The first-order chi connectivity index (χ1) is 10.9. The molecule has 1 heterocycles. The average Bonchev–Trinajstić information content (AvgIpc) is 2.43. The van der Waals surface area contributed by atoms with Crippen LogP contribution in [0.5, 0.6) is 0 Å². The molecular weight excluding hydrogens is 338 g/mol. The number of nitrogens with zero attached hydrogens (tertiary/aromatic N) is 1. The van der Waals surface area contributed by atoms with E-state index >= 15 is 0 Å². The Hall–Kier alpha value is -0.853. The van der Waals surface area contributed by atoms with E-state index in [9.17, 15) is 9.90 Å². The Kier molecular flexibility index (Phi) is 7.50. The van der Waals surface area contributed by atoms with Crippen LogP contribution in [0.4, 0.5) is 0 Å². The molecule has 0 bridgehead atoms. The monoisotopic (exact) mass is 369 g/mol. The molecule has 1 aromatic heterocycles. The van der Waals surface area contributed by atoms with E-state index in [1.807, 2.05) is 25.3 Å². The quantitative estimate of drug-likeness (QED) is 0.517. The summed E-state index contributed by atoms with van der Waals surface area (Å²) in [7, 11) is -2.00. The van der Waals surface area contributed by atoms with Gasteiger partial charge in [0.2, 0.25) is 0 Å². The molecule has 1 N–H and O–H groups in total. The highest BCUT2D eigenvalue weighted by Gasteiger charge is 2.40. The van der Waals surface area contributed by atoms with Gasteiger partial charge in [0.25, 0.3) is 0 Å². The minimum absolute atomic E-state index is 0.0512. The fourth-order valence-corrected chi connectivity index (χ4v) is 4.32. The molecule has 0 radical (unpaired) electrons. The Labute approximate surface area is 151 Å². The largest absolute Gasteiger partial charge is 0.481 e. The Bertz CT molecular complexity index is 540. The van der Waals surface area contributed by atoms with Crippen molar-refractivity contribution in [1.29, 1.82) is 0 Å². The standard InChI is InChI=1S/C18H31NO3SSi/c1-13-8-9-16(19-11-13)23-12-14(2)15(10-17(20)21)22-24(6,7)18(3,4)5/h8-9,11,14-15H,10,12H2,1-7H3,(H,20,21). The van der Waals surface area contributed by atoms with Crippen LogP contribution < -0.4 is 0 Å². The van der Waals surface area contributed by atoms with E-state index in [4.69, 9.17) is 4.43 Å². The van der Waals surface area contributed by atoms with Gasteiger partial charge >= 0.3 is 5.97 Å². The van der Waals surface area contributed by atoms with Crippen LogP contribution in [0.25, 0.3) is 0 Å². The molecule has 136 valence electrons. The number of carbonyl (C=O) groups is 1. The molecule has 0 saturated carbocycles. The van der Waals surface area contributed by atoms with Gasteiger partial charge < -0.3 is 9.53 Å². The summed E-state index contributed by atoms with van der Waals surface area (Å²) in [5, 5.41) is 10.3. The van der Waals surface area contributed by atoms with Gasteiger partial charge in [-0.2, -0.15) is 0 Å². The number of aliphatic carboxylic acids is 1. The molecule has 1 rings (SSSR count). The summed E-state index contributed by atoms with van der Waals surface area (Å²) in [5.74, 6) is 0.134. The zero-order chi connectivity index (χ0) is 18.5. The number of hydrogen-bond acceptors (Lipinski definition) is 4. The van der Waals surface area contributed by atoms with Crippen molar-refractivity contribution in [3.8, 4) is 0 Å². The minimum Gasteiger partial charge on any atom is -0.481 e. The van der Waals surface area contributed by atoms with Crippen LogP contribution in [0.15, 0.2) is 23.4 Å². The molecule has 0 aliphatic heterocycles. The Morgan fingerprint density at radius 3 is 2.46 bits per heavy atom. The third-order valence-electron chi connectivity index (χ3n) is 4.64. The Morgan fingerprint density at radius 1 is 1.38 bits per heavy atom. The van der Waals surface area contributed by atoms with Crippen molar-refractivity contribution >= 4 is 26.0 Å². The van der Waals surface area contributed by atoms with E-state index in [0.29, 0.717) is 0 Å². The molecule has 0 spiro atoms. The second-order valence-corrected chi connectivity index (χ2v) is 13.8. The summed E-state index contributed by atoms with van der Waals surface area (Å²) in [6, 6.07) is 4.05. The number of thioether (sulfide) groups is 1. The first kappa shape index (κ1) is 21.2. The third kappa shape index (κ3) is 6.57. The molecule has 2 atom stereocenters. The summed E-state index contributed by atoms with van der Waals surface area (Å²) < 4.78 is 6.41. The number of rotatable bonds is 8. The predicted molar refractivity (Wildman–Crippen MR) is 103 cm³/mol. The third-order valence-corrected chi connectivity index (χ3v) is 10.4. The van der Waals surface area contributed by atoms with Gasteiger partial charge in [-0.15, -0.1) is 11.8 Å². The molecular formula is C18H31NO3SSi. The van der Waals surface area contributed by atoms with Crippen molar-refractivity contribution in [2.75, 3.05) is 5.75 Å². The van der Waals surface area contributed by atoms with E-state index in [1.165, 1.54) is 0 Å². The van der Waals surface area contributed by atoms with Crippen LogP contribution in [0.2, 0.25) is 18.1 Å². The second kappa shape index (κ2) is 8.49. The molecule has 1 aromatic rings. The van der Waals surface area contributed by atoms with E-state index in [1.54, 1.807) is 11.8 Å². The number of aryl methyl sites for hydroxylation is 1. The highest BCUT2D eigenvalue weighted by molar-refractivity contribution is 7.99. The van der Waals surface area contributed by atoms with Gasteiger partial charge in [0.1, 0.15) is 0 Å². The SMILES string of the molecule is Cc1ccc(SCC(C)C(CC(=O)O)O[Si](C)(C)C(C)(C)C)nc1. The summed E-state index contributed by atoms with van der Waals surface area (Å²) >= 11 is 1.66. The van der Waals surface area contributed by atoms with Gasteiger partial charge in [0.15, 0.2) is 8.32 Å². The van der Waals surface area contributed by atoms with Gasteiger partial charge in [0.05, 0.1) is 17.6 Å². The zero-order valence-electron chi connectivity index (χ0n) is 15.9. The van der Waals surface area contributed by atoms with Crippen molar-refractivity contribution < 1.29 is 14.3 Å². The van der Waals surface area contributed by atoms with Crippen LogP contribution in [-0.4, -0.2) is 36.2 Å². The van der Waals surface area contributed by atoms with Crippen LogP contribution in [0.1, 0.15) is 39.7 Å². The summed E-state index contributed by atoms with van der Waals surface area (Å²) in [4.78, 5) is 15.7. The molecule has 0 saturated heterocycles. The Morgan fingerprint density at radius 2 is 2.00 bits per heavy atom. The van der Waals surface area contributed by atoms with Gasteiger partial charge in [-0.3, -0.25) is 4.79 Å². The number of carboxylic acid groups (broad SMARTS) is 1. The Balaban J connectivity index is 2.75. The second-order valence-electron chi connectivity index (χ2n) is 7.98. The maximum absolute atomic E-state index is 11.3. The van der Waals surface area contributed by atoms with Gasteiger partial charge in [-0.1, -0.05) is 33.8 Å². The summed E-state index contributed by atoms with van der Waals surface area (Å²) in [6.07, 6.45) is 1.64. The lowest BCUT2D eigenvalue weighted by Gasteiger charge is -2.40. The van der Waals surface area contributed by atoms with E-state index < -0.39 is 14.3 Å². The summed E-state index contributed by atoms with van der Waals surface area (Å²) in [5.41, 5.74) is 1.14. The van der Waals surface area contributed by atoms with E-state index in [-0.39, 0.29) is 23.5 Å². The first-order valence-corrected chi connectivity index (χ1v) is 12.3. The zero-order valence-corrected chi connectivity index (χ0v) is 17.7. The number of pyridine rings is 1. The van der Waals surface area contributed by atoms with Gasteiger partial charge in [-0.25, -0.2) is 4.98 Å². The normalized spacial score (nSPS) is 15.1. The number of hydrogen-bond donors (Lipinski definition) is 1. The predicted octanol–water partition coefficient (Wildman–Crippen LogP) is 4.98. The molecule has 6 heteroatoms. The van der Waals surface area contributed by atoms with Crippen molar-refractivity contribution in [2.45, 2.75) is 70.3 Å². The lowest BCUT2D eigenvalue weighted by molar-refractivity contribution is -0.139. The molecule has 2 unspecified atom stereocenters. The smallest absolute Gasteiger partial charge is 0.305 e. The van der Waals surface area contributed by atoms with E-state index in [0.717, 1.165) is 16.3 Å². The fourth-order valence-electron chi connectivity index (χ4n) is 1.95. The van der Waals surface area contributed by atoms with Crippen LogP contribution in [0.3, 0.4) is 0 Å². The fraction of sp³-hybridized carbons (Fsp3) is 0.667. The van der Waals surface area contributed by atoms with Gasteiger partial charge in [-0.05, 0) is 42.6 Å². The number of aromatic nitrogens is 1. The van der Waals surface area contributed by atoms with Crippen LogP contribution >= 0.6 is 11.8 Å². The van der Waals surface area contributed by atoms with Crippen molar-refractivity contribution in [2.24, 2.45) is 5.92 Å². The maximum atomic E-state index is 11.3. The topological polar surface area (TPSA) is 59.4 Å². The molecule has 0 fully saturated rings. The summed E-state index contributed by atoms with van der Waals surface area (Å²) in [6.45, 7) is 14.9. The molecule has 0 aliphatic carbocycles.